The number of anilines is 1. The lowest BCUT2D eigenvalue weighted by Gasteiger charge is -2.32. The van der Waals surface area contributed by atoms with Crippen LogP contribution in [-0.4, -0.2) is 41.0 Å². The molecule has 0 amide bonds. The lowest BCUT2D eigenvalue weighted by molar-refractivity contribution is 0.194. The second-order valence-corrected chi connectivity index (χ2v) is 5.61. The van der Waals surface area contributed by atoms with Gasteiger partial charge in [0.05, 0.1) is 0 Å². The summed E-state index contributed by atoms with van der Waals surface area (Å²) < 4.78 is 0. The molecule has 0 aliphatic carbocycles. The van der Waals surface area contributed by atoms with Crippen molar-refractivity contribution in [3.05, 3.63) is 17.0 Å². The molecule has 5 heteroatoms. The average molecular weight is 283 g/mol. The lowest BCUT2D eigenvalue weighted by atomic mass is 10.0. The van der Waals surface area contributed by atoms with Gasteiger partial charge < -0.3 is 10.2 Å². The SMILES string of the molecule is CCCc1c(Cl)ncnc1NCC1CCCCN1C. The molecule has 0 spiro atoms. The Morgan fingerprint density at radius 2 is 2.26 bits per heavy atom. The fourth-order valence-corrected chi connectivity index (χ4v) is 2.86. The molecule has 2 heterocycles. The Labute approximate surface area is 120 Å². The summed E-state index contributed by atoms with van der Waals surface area (Å²) in [6.45, 7) is 4.27. The minimum atomic E-state index is 0.580. The third-order valence-corrected chi connectivity index (χ3v) is 4.15. The Hall–Kier alpha value is -0.870. The molecule has 1 atom stereocenters. The Kier molecular flexibility index (Phi) is 5.40. The molecule has 1 saturated heterocycles. The van der Waals surface area contributed by atoms with Crippen LogP contribution in [0.4, 0.5) is 5.82 Å². The van der Waals surface area contributed by atoms with Crippen molar-refractivity contribution in [3.63, 3.8) is 0 Å². The smallest absolute Gasteiger partial charge is 0.137 e. The molecule has 19 heavy (non-hydrogen) atoms. The van der Waals surface area contributed by atoms with Crippen LogP contribution in [0.5, 0.6) is 0 Å². The van der Waals surface area contributed by atoms with Crippen LogP contribution < -0.4 is 5.32 Å². The van der Waals surface area contributed by atoms with E-state index in [1.54, 1.807) is 0 Å². The summed E-state index contributed by atoms with van der Waals surface area (Å²) in [5, 5.41) is 4.04. The summed E-state index contributed by atoms with van der Waals surface area (Å²) in [5.41, 5.74) is 1.05. The maximum Gasteiger partial charge on any atom is 0.137 e. The molecule has 0 saturated carbocycles. The fourth-order valence-electron chi connectivity index (χ4n) is 2.63. The number of hydrogen-bond donors (Lipinski definition) is 1. The molecule has 4 nitrogen and oxygen atoms in total. The molecular weight excluding hydrogens is 260 g/mol. The van der Waals surface area contributed by atoms with E-state index in [9.17, 15) is 0 Å². The molecule has 2 rings (SSSR count). The predicted octanol–water partition coefficient (Wildman–Crippen LogP) is 2.98. The number of hydrogen-bond acceptors (Lipinski definition) is 4. The molecule has 1 aliphatic heterocycles. The van der Waals surface area contributed by atoms with Gasteiger partial charge in [-0.05, 0) is 32.9 Å². The van der Waals surface area contributed by atoms with Crippen molar-refractivity contribution >= 4 is 17.4 Å². The van der Waals surface area contributed by atoms with E-state index < -0.39 is 0 Å². The topological polar surface area (TPSA) is 41.1 Å². The van der Waals surface area contributed by atoms with Crippen LogP contribution in [0.1, 0.15) is 38.2 Å². The number of likely N-dealkylation sites (tertiary alicyclic amines) is 1. The number of nitrogens with zero attached hydrogens (tertiary/aromatic N) is 3. The maximum absolute atomic E-state index is 6.16. The van der Waals surface area contributed by atoms with E-state index in [-0.39, 0.29) is 0 Å². The van der Waals surface area contributed by atoms with Crippen molar-refractivity contribution < 1.29 is 0 Å². The van der Waals surface area contributed by atoms with Crippen LogP contribution >= 0.6 is 11.6 Å². The number of aromatic nitrogens is 2. The molecule has 1 fully saturated rings. The summed E-state index contributed by atoms with van der Waals surface area (Å²) in [7, 11) is 2.20. The summed E-state index contributed by atoms with van der Waals surface area (Å²) >= 11 is 6.16. The van der Waals surface area contributed by atoms with Gasteiger partial charge in [0.1, 0.15) is 17.3 Å². The van der Waals surface area contributed by atoms with Crippen LogP contribution in [0.2, 0.25) is 5.15 Å². The van der Waals surface area contributed by atoms with Crippen molar-refractivity contribution in [2.75, 3.05) is 25.5 Å². The van der Waals surface area contributed by atoms with E-state index >= 15 is 0 Å². The fraction of sp³-hybridized carbons (Fsp3) is 0.714. The van der Waals surface area contributed by atoms with Gasteiger partial charge in [0.15, 0.2) is 0 Å². The number of likely N-dealkylation sites (N-methyl/N-ethyl adjacent to an activating group) is 1. The second kappa shape index (κ2) is 7.06. The minimum Gasteiger partial charge on any atom is -0.368 e. The van der Waals surface area contributed by atoms with Crippen molar-refractivity contribution in [3.8, 4) is 0 Å². The van der Waals surface area contributed by atoms with Crippen molar-refractivity contribution in [1.29, 1.82) is 0 Å². The molecule has 1 N–H and O–H groups in total. The highest BCUT2D eigenvalue weighted by Crippen LogP contribution is 2.22. The predicted molar refractivity (Wildman–Crippen MR) is 79.8 cm³/mol. The third kappa shape index (κ3) is 3.80. The van der Waals surface area contributed by atoms with Gasteiger partial charge in [-0.2, -0.15) is 0 Å². The average Bonchev–Trinajstić information content (AvgIpc) is 2.41. The standard InChI is InChI=1S/C14H23ClN4/c1-3-6-12-13(15)17-10-18-14(12)16-9-11-7-4-5-8-19(11)2/h10-11H,3-9H2,1-2H3,(H,16,17,18). The Morgan fingerprint density at radius 1 is 1.42 bits per heavy atom. The first-order valence-corrected chi connectivity index (χ1v) is 7.53. The summed E-state index contributed by atoms with van der Waals surface area (Å²) in [5.74, 6) is 0.904. The highest BCUT2D eigenvalue weighted by atomic mass is 35.5. The van der Waals surface area contributed by atoms with Crippen molar-refractivity contribution in [2.45, 2.75) is 45.1 Å². The zero-order valence-corrected chi connectivity index (χ0v) is 12.6. The maximum atomic E-state index is 6.16. The number of piperidine rings is 1. The largest absolute Gasteiger partial charge is 0.368 e. The van der Waals surface area contributed by atoms with Gasteiger partial charge in [0, 0.05) is 18.2 Å². The zero-order valence-electron chi connectivity index (χ0n) is 11.8. The van der Waals surface area contributed by atoms with E-state index in [1.807, 2.05) is 0 Å². The van der Waals surface area contributed by atoms with Crippen LogP contribution in [0.3, 0.4) is 0 Å². The highest BCUT2D eigenvalue weighted by molar-refractivity contribution is 6.30. The molecule has 1 unspecified atom stereocenters. The van der Waals surface area contributed by atoms with Crippen LogP contribution in [0, 0.1) is 0 Å². The van der Waals surface area contributed by atoms with Gasteiger partial charge in [-0.1, -0.05) is 31.4 Å². The zero-order chi connectivity index (χ0) is 13.7. The molecule has 106 valence electrons. The van der Waals surface area contributed by atoms with Gasteiger partial charge in [0.25, 0.3) is 0 Å². The monoisotopic (exact) mass is 282 g/mol. The van der Waals surface area contributed by atoms with Crippen molar-refractivity contribution in [2.24, 2.45) is 0 Å². The van der Waals surface area contributed by atoms with Crippen LogP contribution in [-0.2, 0) is 6.42 Å². The van der Waals surface area contributed by atoms with E-state index in [0.717, 1.165) is 30.8 Å². The van der Waals surface area contributed by atoms with E-state index in [0.29, 0.717) is 11.2 Å². The highest BCUT2D eigenvalue weighted by Gasteiger charge is 2.19. The Bertz CT molecular complexity index is 410. The van der Waals surface area contributed by atoms with Crippen LogP contribution in [0.25, 0.3) is 0 Å². The van der Waals surface area contributed by atoms with Gasteiger partial charge in [-0.25, -0.2) is 9.97 Å². The minimum absolute atomic E-state index is 0.580. The molecule has 1 aromatic rings. The Morgan fingerprint density at radius 3 is 3.00 bits per heavy atom. The summed E-state index contributed by atoms with van der Waals surface area (Å²) in [6.07, 6.45) is 7.39. The molecule has 1 aliphatic rings. The van der Waals surface area contributed by atoms with Gasteiger partial charge in [-0.3, -0.25) is 0 Å². The summed E-state index contributed by atoms with van der Waals surface area (Å²) in [6, 6.07) is 0.594. The molecule has 0 bridgehead atoms. The van der Waals surface area contributed by atoms with Gasteiger partial charge in [0.2, 0.25) is 0 Å². The molecule has 1 aromatic heterocycles. The van der Waals surface area contributed by atoms with Gasteiger partial charge >= 0.3 is 0 Å². The lowest BCUT2D eigenvalue weighted by Crippen LogP contribution is -2.41. The first-order chi connectivity index (χ1) is 9.22. The van der Waals surface area contributed by atoms with E-state index in [2.05, 4.69) is 34.2 Å². The van der Waals surface area contributed by atoms with Crippen molar-refractivity contribution in [1.82, 2.24) is 14.9 Å². The second-order valence-electron chi connectivity index (χ2n) is 5.25. The number of nitrogens with one attached hydrogen (secondary N) is 1. The van der Waals surface area contributed by atoms with E-state index in [1.165, 1.54) is 32.1 Å². The summed E-state index contributed by atoms with van der Waals surface area (Å²) in [4.78, 5) is 10.8. The number of halogens is 1. The first kappa shape index (κ1) is 14.5. The molecular formula is C14H23ClN4. The van der Waals surface area contributed by atoms with E-state index in [4.69, 9.17) is 11.6 Å². The molecule has 0 aromatic carbocycles. The normalized spacial score (nSPS) is 20.5. The molecule has 0 radical (unpaired) electrons. The van der Waals surface area contributed by atoms with Gasteiger partial charge in [-0.15, -0.1) is 0 Å². The Balaban J connectivity index is 2.00. The first-order valence-electron chi connectivity index (χ1n) is 7.15. The quantitative estimate of drug-likeness (QED) is 0.843. The van der Waals surface area contributed by atoms with Crippen LogP contribution in [0.15, 0.2) is 6.33 Å². The number of rotatable bonds is 5. The third-order valence-electron chi connectivity index (χ3n) is 3.82.